The second-order valence-electron chi connectivity index (χ2n) is 10.8. The first-order chi connectivity index (χ1) is 21.6. The fourth-order valence-electron chi connectivity index (χ4n) is 5.17. The number of morpholine rings is 1. The van der Waals surface area contributed by atoms with Gasteiger partial charge in [0.05, 0.1) is 30.6 Å². The van der Waals surface area contributed by atoms with Gasteiger partial charge in [-0.2, -0.15) is 4.98 Å². The van der Waals surface area contributed by atoms with Crippen molar-refractivity contribution in [2.75, 3.05) is 49.3 Å². The minimum Gasteiger partial charge on any atom is -0.507 e. The maximum Gasteiger partial charge on any atom is 0.260 e. The third-order valence-corrected chi connectivity index (χ3v) is 7.47. The summed E-state index contributed by atoms with van der Waals surface area (Å²) < 4.78 is 12.7. The minimum atomic E-state index is -1.94. The van der Waals surface area contributed by atoms with Gasteiger partial charge in [0, 0.05) is 45.0 Å². The Hall–Kier alpha value is -5.54. The zero-order valence-corrected chi connectivity index (χ0v) is 24.5. The van der Waals surface area contributed by atoms with Crippen LogP contribution in [0.15, 0.2) is 71.5 Å². The summed E-state index contributed by atoms with van der Waals surface area (Å²) >= 11 is 0. The Kier molecular flexibility index (Phi) is 7.78. The summed E-state index contributed by atoms with van der Waals surface area (Å²) in [5.41, 5.74) is 4.91. The molecule has 2 atom stereocenters. The third kappa shape index (κ3) is 5.85. The van der Waals surface area contributed by atoms with Gasteiger partial charge in [-0.25, -0.2) is 9.67 Å². The second-order valence-corrected chi connectivity index (χ2v) is 10.8. The van der Waals surface area contributed by atoms with Crippen LogP contribution >= 0.6 is 0 Å². The van der Waals surface area contributed by atoms with Crippen LogP contribution in [0.3, 0.4) is 0 Å². The molecule has 1 aliphatic heterocycles. The summed E-state index contributed by atoms with van der Waals surface area (Å²) in [7, 11) is 3.65. The van der Waals surface area contributed by atoms with Crippen LogP contribution in [0.4, 0.5) is 17.6 Å². The summed E-state index contributed by atoms with van der Waals surface area (Å²) in [4.78, 5) is 38.9. The molecule has 0 radical (unpaired) electrons. The van der Waals surface area contributed by atoms with Crippen LogP contribution in [0, 0.1) is 0 Å². The number of fused-ring (bicyclic) bond motifs is 1. The zero-order valence-electron chi connectivity index (χ0n) is 24.5. The number of carbonyl (C=O) groups excluding carboxylic acids is 2. The number of aromatic nitrogens is 5. The fraction of sp³-hybridized carbons (Fsp3) is 0.267. The number of amides is 2. The SMILES string of the molecule is CN(C)c1nccc(-n2ccc(N3CCO[C@H](C(O)(CNC(=O)c4ccccc4O)Cc4ccc5c(N)noc5c4)C3=O)n2)n1. The Bertz CT molecular complexity index is 1870. The van der Waals surface area contributed by atoms with Gasteiger partial charge in [-0.05, 0) is 29.8 Å². The lowest BCUT2D eigenvalue weighted by Gasteiger charge is -2.40. The topological polar surface area (TPSA) is 198 Å². The molecule has 0 aliphatic carbocycles. The number of aromatic hydroxyl groups is 1. The van der Waals surface area contributed by atoms with Crippen LogP contribution in [-0.2, 0) is 16.0 Å². The number of rotatable bonds is 9. The largest absolute Gasteiger partial charge is 0.507 e. The number of carbonyl (C=O) groups is 2. The molecule has 6 rings (SSSR count). The number of phenols is 1. The Morgan fingerprint density at radius 3 is 2.80 bits per heavy atom. The molecule has 5 N–H and O–H groups in total. The quantitative estimate of drug-likeness (QED) is 0.186. The van der Waals surface area contributed by atoms with Crippen molar-refractivity contribution in [3.8, 4) is 11.6 Å². The van der Waals surface area contributed by atoms with E-state index in [2.05, 4.69) is 25.5 Å². The number of nitrogens with two attached hydrogens (primary N) is 1. The number of para-hydroxylation sites is 1. The summed E-state index contributed by atoms with van der Waals surface area (Å²) in [5, 5.41) is 33.9. The molecular weight excluding hydrogens is 582 g/mol. The van der Waals surface area contributed by atoms with Crippen molar-refractivity contribution >= 4 is 40.4 Å². The Labute approximate surface area is 256 Å². The Balaban J connectivity index is 1.29. The lowest BCUT2D eigenvalue weighted by Crippen LogP contribution is -2.63. The molecule has 1 fully saturated rings. The second kappa shape index (κ2) is 11.9. The smallest absolute Gasteiger partial charge is 0.260 e. The molecular formula is C30H31N9O6. The number of nitrogens with one attached hydrogen (secondary N) is 1. The van der Waals surface area contributed by atoms with Gasteiger partial charge in [-0.1, -0.05) is 23.4 Å². The lowest BCUT2D eigenvalue weighted by atomic mass is 9.86. The van der Waals surface area contributed by atoms with Crippen LogP contribution < -0.4 is 20.9 Å². The van der Waals surface area contributed by atoms with Gasteiger partial charge in [-0.3, -0.25) is 14.5 Å². The molecule has 1 saturated heterocycles. The van der Waals surface area contributed by atoms with Gasteiger partial charge >= 0.3 is 0 Å². The molecule has 5 aromatic rings. The van der Waals surface area contributed by atoms with Crippen LogP contribution in [0.25, 0.3) is 16.8 Å². The summed E-state index contributed by atoms with van der Waals surface area (Å²) in [5.74, 6) is 0.150. The molecule has 0 bridgehead atoms. The normalized spacial score (nSPS) is 16.5. The van der Waals surface area contributed by atoms with Crippen molar-refractivity contribution in [1.29, 1.82) is 0 Å². The lowest BCUT2D eigenvalue weighted by molar-refractivity contribution is -0.157. The maximum absolute atomic E-state index is 14.0. The van der Waals surface area contributed by atoms with Gasteiger partial charge in [0.2, 0.25) is 5.95 Å². The van der Waals surface area contributed by atoms with Crippen molar-refractivity contribution in [1.82, 2.24) is 30.2 Å². The molecule has 45 heavy (non-hydrogen) atoms. The first kappa shape index (κ1) is 29.5. The standard InChI is InChI=1S/C30H31N9O6/c1-37(2)29-32-11-9-23(34-29)39-12-10-24(35-39)38-13-14-44-25(28(38)42)30(43,17-33-27(41)19-5-3-4-6-21(19)40)16-18-7-8-20-22(15-18)45-36-26(20)31/h3-12,15,25,40,43H,13-14,16-17H2,1-2H3,(H2,31,36)(H,33,41)/t25-,30?/m0/s1. The molecule has 0 saturated carbocycles. The number of phenolic OH excluding ortho intramolecular Hbond substituents is 1. The monoisotopic (exact) mass is 613 g/mol. The van der Waals surface area contributed by atoms with E-state index in [-0.39, 0.29) is 43.2 Å². The van der Waals surface area contributed by atoms with E-state index in [4.69, 9.17) is 15.0 Å². The number of nitrogen functional groups attached to an aromatic ring is 1. The highest BCUT2D eigenvalue weighted by Gasteiger charge is 2.47. The van der Waals surface area contributed by atoms with Gasteiger partial charge in [0.25, 0.3) is 11.8 Å². The average molecular weight is 614 g/mol. The highest BCUT2D eigenvalue weighted by Crippen LogP contribution is 2.29. The first-order valence-electron chi connectivity index (χ1n) is 14.0. The Morgan fingerprint density at radius 2 is 2.00 bits per heavy atom. The van der Waals surface area contributed by atoms with E-state index in [0.29, 0.717) is 34.1 Å². The number of hydrogen-bond donors (Lipinski definition) is 4. The number of nitrogens with zero attached hydrogens (tertiary/aromatic N) is 7. The van der Waals surface area contributed by atoms with Gasteiger partial charge in [-0.15, -0.1) is 5.10 Å². The molecule has 0 spiro atoms. The third-order valence-electron chi connectivity index (χ3n) is 7.47. The van der Waals surface area contributed by atoms with E-state index in [9.17, 15) is 19.8 Å². The predicted molar refractivity (Wildman–Crippen MR) is 163 cm³/mol. The van der Waals surface area contributed by atoms with E-state index in [0.717, 1.165) is 0 Å². The van der Waals surface area contributed by atoms with Crippen LogP contribution in [0.2, 0.25) is 0 Å². The van der Waals surface area contributed by atoms with Crippen molar-refractivity contribution in [3.63, 3.8) is 0 Å². The highest BCUT2D eigenvalue weighted by molar-refractivity contribution is 5.98. The molecule has 15 nitrogen and oxygen atoms in total. The first-order valence-corrected chi connectivity index (χ1v) is 14.0. The number of hydrogen-bond acceptors (Lipinski definition) is 12. The Morgan fingerprint density at radius 1 is 1.18 bits per heavy atom. The number of aliphatic hydroxyl groups is 1. The highest BCUT2D eigenvalue weighted by atomic mass is 16.5. The minimum absolute atomic E-state index is 0.0172. The van der Waals surface area contributed by atoms with Crippen LogP contribution in [0.1, 0.15) is 15.9 Å². The van der Waals surface area contributed by atoms with E-state index < -0.39 is 23.5 Å². The number of ether oxygens (including phenoxy) is 1. The van der Waals surface area contributed by atoms with Crippen LogP contribution in [-0.4, -0.2) is 92.4 Å². The summed E-state index contributed by atoms with van der Waals surface area (Å²) in [6.45, 7) is -0.110. The molecule has 1 aliphatic rings. The zero-order chi connectivity index (χ0) is 31.7. The van der Waals surface area contributed by atoms with Crippen LogP contribution in [0.5, 0.6) is 5.75 Å². The summed E-state index contributed by atoms with van der Waals surface area (Å²) in [6.07, 6.45) is 1.78. The van der Waals surface area contributed by atoms with E-state index in [1.165, 1.54) is 21.7 Å². The molecule has 2 amide bonds. The van der Waals surface area contributed by atoms with Gasteiger partial charge in [0.1, 0.15) is 11.4 Å². The maximum atomic E-state index is 14.0. The van der Waals surface area contributed by atoms with E-state index >= 15 is 0 Å². The molecule has 3 aromatic heterocycles. The van der Waals surface area contributed by atoms with Gasteiger partial charge < -0.3 is 35.4 Å². The van der Waals surface area contributed by atoms with E-state index in [1.54, 1.807) is 59.8 Å². The predicted octanol–water partition coefficient (Wildman–Crippen LogP) is 1.29. The van der Waals surface area contributed by atoms with Crippen molar-refractivity contribution in [2.45, 2.75) is 18.1 Å². The molecule has 4 heterocycles. The molecule has 2 aromatic carbocycles. The average Bonchev–Trinajstić information content (AvgIpc) is 3.67. The molecule has 232 valence electrons. The summed E-state index contributed by atoms with van der Waals surface area (Å²) in [6, 6.07) is 14.5. The number of anilines is 3. The van der Waals surface area contributed by atoms with Crippen molar-refractivity contribution < 1.29 is 29.1 Å². The number of benzene rings is 2. The molecule has 1 unspecified atom stereocenters. The fourth-order valence-corrected chi connectivity index (χ4v) is 5.17. The van der Waals surface area contributed by atoms with E-state index in [1.807, 2.05) is 14.1 Å². The molecule has 15 heteroatoms. The van der Waals surface area contributed by atoms with Crippen molar-refractivity contribution in [2.24, 2.45) is 0 Å². The van der Waals surface area contributed by atoms with Gasteiger partial charge in [0.15, 0.2) is 29.1 Å². The van der Waals surface area contributed by atoms with Crippen molar-refractivity contribution in [3.05, 3.63) is 78.1 Å².